The van der Waals surface area contributed by atoms with Crippen LogP contribution < -0.4 is 14.2 Å². The number of hydrogen-bond acceptors (Lipinski definition) is 6. The summed E-state index contributed by atoms with van der Waals surface area (Å²) in [5.41, 5.74) is 3.21. The Balaban J connectivity index is 1.45. The van der Waals surface area contributed by atoms with Gasteiger partial charge in [0, 0.05) is 22.9 Å². The van der Waals surface area contributed by atoms with Crippen LogP contribution in [0.4, 0.5) is 5.13 Å². The maximum absolute atomic E-state index is 12.9. The van der Waals surface area contributed by atoms with Crippen LogP contribution in [0, 0.1) is 0 Å². The molecule has 144 valence electrons. The highest BCUT2D eigenvalue weighted by molar-refractivity contribution is 7.93. The van der Waals surface area contributed by atoms with E-state index in [2.05, 4.69) is 15.8 Å². The zero-order valence-corrected chi connectivity index (χ0v) is 16.6. The number of hydrogen-bond donors (Lipinski definition) is 1. The highest BCUT2D eigenvalue weighted by Crippen LogP contribution is 2.39. The average molecular weight is 415 g/mol. The van der Waals surface area contributed by atoms with Gasteiger partial charge in [-0.2, -0.15) is 0 Å². The van der Waals surface area contributed by atoms with E-state index in [9.17, 15) is 8.42 Å². The Kier molecular flexibility index (Phi) is 4.25. The quantitative estimate of drug-likeness (QED) is 0.704. The summed E-state index contributed by atoms with van der Waals surface area (Å²) in [5.74, 6) is 1.02. The lowest BCUT2D eigenvalue weighted by Crippen LogP contribution is -2.13. The first-order chi connectivity index (χ1) is 13.6. The molecule has 6 nitrogen and oxygen atoms in total. The van der Waals surface area contributed by atoms with Crippen LogP contribution in [0.25, 0.3) is 11.3 Å². The lowest BCUT2D eigenvalue weighted by Gasteiger charge is -2.13. The zero-order chi connectivity index (χ0) is 19.1. The summed E-state index contributed by atoms with van der Waals surface area (Å²) < 4.78 is 39.6. The molecule has 28 heavy (non-hydrogen) atoms. The van der Waals surface area contributed by atoms with Crippen molar-refractivity contribution in [1.82, 2.24) is 4.98 Å². The van der Waals surface area contributed by atoms with Gasteiger partial charge in [0.1, 0.15) is 0 Å². The zero-order valence-electron chi connectivity index (χ0n) is 15.0. The number of thiazole rings is 1. The van der Waals surface area contributed by atoms with Crippen molar-refractivity contribution >= 4 is 26.5 Å². The summed E-state index contributed by atoms with van der Waals surface area (Å²) >= 11 is 1.40. The van der Waals surface area contributed by atoms with Gasteiger partial charge in [-0.1, -0.05) is 24.3 Å². The van der Waals surface area contributed by atoms with Gasteiger partial charge in [0.05, 0.1) is 23.8 Å². The fourth-order valence-corrected chi connectivity index (χ4v) is 5.70. The number of nitrogens with one attached hydrogen (secondary N) is 1. The summed E-state index contributed by atoms with van der Waals surface area (Å²) in [4.78, 5) is 5.81. The Morgan fingerprint density at radius 1 is 1.00 bits per heavy atom. The van der Waals surface area contributed by atoms with Gasteiger partial charge < -0.3 is 9.47 Å². The lowest BCUT2D eigenvalue weighted by molar-refractivity contribution is 0.297. The molecule has 1 aliphatic carbocycles. The first-order valence-electron chi connectivity index (χ1n) is 9.11. The van der Waals surface area contributed by atoms with Crippen LogP contribution >= 0.6 is 11.3 Å². The minimum Gasteiger partial charge on any atom is -0.490 e. The molecule has 1 aromatic heterocycles. The first-order valence-corrected chi connectivity index (χ1v) is 11.4. The van der Waals surface area contributed by atoms with E-state index in [1.807, 2.05) is 18.2 Å². The molecule has 0 saturated heterocycles. The molecule has 2 heterocycles. The standard InChI is InChI=1S/C20H18N2O4S2/c23-28(24,14-7-8-16-17(12-14)26-11-3-10-25-16)22-20-21-19-15-5-2-1-4-13(15)6-9-18(19)27-20/h1-2,4-5,7-8,12H,3,6,9-11H2,(H,21,22). The Morgan fingerprint density at radius 3 is 2.71 bits per heavy atom. The molecule has 2 aromatic carbocycles. The molecule has 2 aliphatic rings. The lowest BCUT2D eigenvalue weighted by atomic mass is 9.94. The average Bonchev–Trinajstić information content (AvgIpc) is 2.95. The number of anilines is 1. The summed E-state index contributed by atoms with van der Waals surface area (Å²) in [6, 6.07) is 12.8. The van der Waals surface area contributed by atoms with Crippen molar-refractivity contribution in [3.05, 3.63) is 52.9 Å². The molecule has 0 amide bonds. The Labute approximate surface area is 167 Å². The molecule has 0 unspecified atom stereocenters. The summed E-state index contributed by atoms with van der Waals surface area (Å²) in [6.07, 6.45) is 2.58. The number of aromatic nitrogens is 1. The third-order valence-corrected chi connectivity index (χ3v) is 7.34. The van der Waals surface area contributed by atoms with Crippen molar-refractivity contribution in [2.75, 3.05) is 17.9 Å². The maximum atomic E-state index is 12.9. The van der Waals surface area contributed by atoms with Crippen LogP contribution in [0.15, 0.2) is 47.4 Å². The molecular formula is C20H18N2O4S2. The largest absolute Gasteiger partial charge is 0.490 e. The van der Waals surface area contributed by atoms with E-state index in [4.69, 9.17) is 9.47 Å². The summed E-state index contributed by atoms with van der Waals surface area (Å²) in [7, 11) is -3.77. The second-order valence-electron chi connectivity index (χ2n) is 6.71. The highest BCUT2D eigenvalue weighted by atomic mass is 32.2. The van der Waals surface area contributed by atoms with E-state index >= 15 is 0 Å². The molecule has 0 bridgehead atoms. The van der Waals surface area contributed by atoms with Crippen molar-refractivity contribution in [1.29, 1.82) is 0 Å². The molecule has 5 rings (SSSR count). The molecule has 1 aliphatic heterocycles. The molecule has 1 N–H and O–H groups in total. The van der Waals surface area contributed by atoms with Crippen LogP contribution in [0.2, 0.25) is 0 Å². The topological polar surface area (TPSA) is 77.5 Å². The molecule has 0 atom stereocenters. The monoisotopic (exact) mass is 414 g/mol. The van der Waals surface area contributed by atoms with Gasteiger partial charge in [0.15, 0.2) is 16.6 Å². The van der Waals surface area contributed by atoms with E-state index < -0.39 is 10.0 Å². The van der Waals surface area contributed by atoms with E-state index in [-0.39, 0.29) is 4.90 Å². The van der Waals surface area contributed by atoms with Gasteiger partial charge in [-0.15, -0.1) is 11.3 Å². The molecule has 0 fully saturated rings. The van der Waals surface area contributed by atoms with E-state index in [0.717, 1.165) is 35.4 Å². The maximum Gasteiger partial charge on any atom is 0.263 e. The molecule has 0 spiro atoms. The van der Waals surface area contributed by atoms with Gasteiger partial charge in [-0.05, 0) is 30.5 Å². The number of sulfonamides is 1. The highest BCUT2D eigenvalue weighted by Gasteiger charge is 2.24. The Morgan fingerprint density at radius 2 is 1.82 bits per heavy atom. The van der Waals surface area contributed by atoms with E-state index in [0.29, 0.717) is 29.8 Å². The van der Waals surface area contributed by atoms with Crippen molar-refractivity contribution in [2.45, 2.75) is 24.2 Å². The fraction of sp³-hybridized carbons (Fsp3) is 0.250. The molecular weight excluding hydrogens is 396 g/mol. The smallest absolute Gasteiger partial charge is 0.263 e. The van der Waals surface area contributed by atoms with Crippen molar-refractivity contribution < 1.29 is 17.9 Å². The summed E-state index contributed by atoms with van der Waals surface area (Å²) in [6.45, 7) is 1.06. The van der Waals surface area contributed by atoms with Crippen molar-refractivity contribution in [3.63, 3.8) is 0 Å². The number of benzene rings is 2. The number of fused-ring (bicyclic) bond motifs is 4. The number of rotatable bonds is 3. The minimum absolute atomic E-state index is 0.130. The van der Waals surface area contributed by atoms with Crippen LogP contribution in [-0.2, 0) is 22.9 Å². The second kappa shape index (κ2) is 6.79. The SMILES string of the molecule is O=S(=O)(Nc1nc2c(s1)CCc1ccccc1-2)c1ccc2c(c1)OCCCO2. The van der Waals surface area contributed by atoms with E-state index in [1.165, 1.54) is 29.0 Å². The van der Waals surface area contributed by atoms with Gasteiger partial charge in [-0.25, -0.2) is 13.4 Å². The summed E-state index contributed by atoms with van der Waals surface area (Å²) in [5, 5.41) is 0.383. The number of ether oxygens (including phenoxy) is 2. The Bertz CT molecular complexity index is 1150. The predicted octanol–water partition coefficient (Wildman–Crippen LogP) is 3.87. The van der Waals surface area contributed by atoms with Crippen LogP contribution in [0.1, 0.15) is 16.9 Å². The van der Waals surface area contributed by atoms with Gasteiger partial charge in [-0.3, -0.25) is 4.72 Å². The third-order valence-electron chi connectivity index (χ3n) is 4.84. The molecule has 0 saturated carbocycles. The van der Waals surface area contributed by atoms with Crippen molar-refractivity contribution in [2.24, 2.45) is 0 Å². The number of aryl methyl sites for hydroxylation is 2. The van der Waals surface area contributed by atoms with Gasteiger partial charge >= 0.3 is 0 Å². The molecule has 3 aromatic rings. The van der Waals surface area contributed by atoms with E-state index in [1.54, 1.807) is 6.07 Å². The minimum atomic E-state index is -3.77. The van der Waals surface area contributed by atoms with Gasteiger partial charge in [0.2, 0.25) is 0 Å². The molecule has 8 heteroatoms. The normalized spacial score (nSPS) is 15.3. The van der Waals surface area contributed by atoms with Crippen LogP contribution in [0.3, 0.4) is 0 Å². The Hall–Kier alpha value is -2.58. The van der Waals surface area contributed by atoms with Gasteiger partial charge in [0.25, 0.3) is 10.0 Å². The number of nitrogens with zero attached hydrogens (tertiary/aromatic N) is 1. The van der Waals surface area contributed by atoms with Crippen molar-refractivity contribution in [3.8, 4) is 22.8 Å². The first kappa shape index (κ1) is 17.5. The second-order valence-corrected chi connectivity index (χ2v) is 9.48. The van der Waals surface area contributed by atoms with Crippen LogP contribution in [-0.4, -0.2) is 26.6 Å². The molecule has 0 radical (unpaired) electrons. The van der Waals surface area contributed by atoms with Crippen LogP contribution in [0.5, 0.6) is 11.5 Å². The predicted molar refractivity (Wildman–Crippen MR) is 108 cm³/mol. The third kappa shape index (κ3) is 3.12. The fourth-order valence-electron chi connectivity index (χ4n) is 3.48.